The molecule has 0 aliphatic heterocycles. The monoisotopic (exact) mass is 384 g/mol. The fourth-order valence-corrected chi connectivity index (χ4v) is 3.22. The van der Waals surface area contributed by atoms with Gasteiger partial charge in [-0.2, -0.15) is 10.4 Å². The lowest BCUT2D eigenvalue weighted by molar-refractivity contribution is 0.276. The minimum atomic E-state index is -0.269. The van der Waals surface area contributed by atoms with E-state index in [0.717, 1.165) is 27.9 Å². The molecule has 0 spiro atoms. The number of aromatic nitrogens is 4. The molecule has 0 saturated heterocycles. The van der Waals surface area contributed by atoms with Gasteiger partial charge in [-0.3, -0.25) is 4.98 Å². The van der Waals surface area contributed by atoms with Gasteiger partial charge in [-0.05, 0) is 36.8 Å². The van der Waals surface area contributed by atoms with Crippen LogP contribution in [0.1, 0.15) is 30.3 Å². The quantitative estimate of drug-likeness (QED) is 0.527. The Hall–Kier alpha value is -3.60. The molecule has 0 aliphatic rings. The van der Waals surface area contributed by atoms with Gasteiger partial charge >= 0.3 is 0 Å². The van der Waals surface area contributed by atoms with Crippen molar-refractivity contribution in [2.45, 2.75) is 25.5 Å². The molecule has 0 bridgehead atoms. The number of hydrogen-bond acceptors (Lipinski definition) is 6. The molecule has 1 atom stereocenters. The van der Waals surface area contributed by atoms with E-state index in [-0.39, 0.29) is 12.6 Å². The second-order valence-corrected chi connectivity index (χ2v) is 6.73. The van der Waals surface area contributed by atoms with Crippen LogP contribution in [0.25, 0.3) is 28.0 Å². The van der Waals surface area contributed by atoms with Crippen LogP contribution in [0.5, 0.6) is 0 Å². The average molecular weight is 384 g/mol. The van der Waals surface area contributed by atoms with E-state index < -0.39 is 0 Å². The minimum absolute atomic E-state index is 0.124. The van der Waals surface area contributed by atoms with Crippen molar-refractivity contribution in [3.63, 3.8) is 0 Å². The summed E-state index contributed by atoms with van der Waals surface area (Å²) in [6, 6.07) is 19.1. The maximum absolute atomic E-state index is 9.36. The van der Waals surface area contributed by atoms with Crippen LogP contribution in [-0.4, -0.2) is 24.9 Å². The zero-order chi connectivity index (χ0) is 20.2. The summed E-state index contributed by atoms with van der Waals surface area (Å²) in [5.74, 6) is 0.643. The second kappa shape index (κ2) is 8.19. The van der Waals surface area contributed by atoms with Crippen LogP contribution in [-0.2, 0) is 6.61 Å². The van der Waals surface area contributed by atoms with Gasteiger partial charge in [0.1, 0.15) is 0 Å². The fourth-order valence-electron chi connectivity index (χ4n) is 3.22. The van der Waals surface area contributed by atoms with Crippen LogP contribution in [0.2, 0.25) is 0 Å². The van der Waals surface area contributed by atoms with Crippen molar-refractivity contribution >= 4 is 10.9 Å². The van der Waals surface area contributed by atoms with E-state index in [0.29, 0.717) is 24.4 Å². The standard InChI is InChI=1S/C22H20N6O/c23-11-3-5-18(24)20-7-2-6-19(27-20)15-9-10-16-13-25-28(21(16)12-15)22-8-1-4-17(14-29)26-22/h1-2,4,6-10,12-13,18,29H,3,5,14,24H2. The SMILES string of the molecule is N#CCCC(N)c1cccc(-c2ccc3cnn(-c4cccc(CO)n4)c3c2)n1. The van der Waals surface area contributed by atoms with Gasteiger partial charge in [0.25, 0.3) is 0 Å². The largest absolute Gasteiger partial charge is 0.390 e. The molecule has 3 aromatic heterocycles. The highest BCUT2D eigenvalue weighted by atomic mass is 16.3. The molecule has 0 radical (unpaired) electrons. The summed E-state index contributed by atoms with van der Waals surface area (Å²) in [4.78, 5) is 9.15. The Morgan fingerprint density at radius 3 is 2.79 bits per heavy atom. The van der Waals surface area contributed by atoms with Gasteiger partial charge in [0, 0.05) is 23.4 Å². The number of aliphatic hydroxyl groups excluding tert-OH is 1. The zero-order valence-electron chi connectivity index (χ0n) is 15.7. The molecule has 7 nitrogen and oxygen atoms in total. The summed E-state index contributed by atoms with van der Waals surface area (Å²) in [6.45, 7) is -0.124. The summed E-state index contributed by atoms with van der Waals surface area (Å²) >= 11 is 0. The van der Waals surface area contributed by atoms with Gasteiger partial charge in [-0.1, -0.05) is 24.3 Å². The molecule has 4 rings (SSSR count). The van der Waals surface area contributed by atoms with Gasteiger partial charge in [0.15, 0.2) is 5.82 Å². The Morgan fingerprint density at radius 1 is 1.10 bits per heavy atom. The molecule has 1 aromatic carbocycles. The third kappa shape index (κ3) is 3.85. The number of fused-ring (bicyclic) bond motifs is 1. The van der Waals surface area contributed by atoms with Gasteiger partial charge in [0.2, 0.25) is 0 Å². The van der Waals surface area contributed by atoms with Crippen LogP contribution in [0.4, 0.5) is 0 Å². The number of benzene rings is 1. The highest BCUT2D eigenvalue weighted by Crippen LogP contribution is 2.26. The van der Waals surface area contributed by atoms with Crippen molar-refractivity contribution < 1.29 is 5.11 Å². The Labute approximate surface area is 168 Å². The molecule has 29 heavy (non-hydrogen) atoms. The minimum Gasteiger partial charge on any atom is -0.390 e. The smallest absolute Gasteiger partial charge is 0.154 e. The predicted molar refractivity (Wildman–Crippen MR) is 110 cm³/mol. The lowest BCUT2D eigenvalue weighted by Gasteiger charge is -2.11. The predicted octanol–water partition coefficient (Wildman–Crippen LogP) is 3.28. The van der Waals surface area contributed by atoms with Crippen molar-refractivity contribution in [2.75, 3.05) is 0 Å². The molecular formula is C22H20N6O. The maximum atomic E-state index is 9.36. The lowest BCUT2D eigenvalue weighted by atomic mass is 10.1. The summed E-state index contributed by atoms with van der Waals surface area (Å²) < 4.78 is 1.75. The normalized spacial score (nSPS) is 12.0. The lowest BCUT2D eigenvalue weighted by Crippen LogP contribution is -2.11. The van der Waals surface area contributed by atoms with E-state index in [1.807, 2.05) is 48.5 Å². The average Bonchev–Trinajstić information content (AvgIpc) is 3.21. The van der Waals surface area contributed by atoms with Crippen LogP contribution < -0.4 is 5.73 Å². The maximum Gasteiger partial charge on any atom is 0.154 e. The van der Waals surface area contributed by atoms with Crippen molar-refractivity contribution in [3.05, 3.63) is 72.2 Å². The molecule has 0 saturated carbocycles. The second-order valence-electron chi connectivity index (χ2n) is 6.73. The van der Waals surface area contributed by atoms with Crippen LogP contribution in [0.15, 0.2) is 60.8 Å². The van der Waals surface area contributed by atoms with Crippen molar-refractivity contribution in [3.8, 4) is 23.1 Å². The number of nitrogens with two attached hydrogens (primary N) is 1. The summed E-state index contributed by atoms with van der Waals surface area (Å²) in [5, 5.41) is 23.6. The molecule has 1 unspecified atom stereocenters. The first-order valence-corrected chi connectivity index (χ1v) is 9.34. The first-order chi connectivity index (χ1) is 14.2. The highest BCUT2D eigenvalue weighted by molar-refractivity contribution is 5.84. The number of nitriles is 1. The number of nitrogens with zero attached hydrogens (tertiary/aromatic N) is 5. The Balaban J connectivity index is 1.74. The molecule has 4 aromatic rings. The van der Waals surface area contributed by atoms with E-state index in [9.17, 15) is 5.11 Å². The van der Waals surface area contributed by atoms with Crippen LogP contribution >= 0.6 is 0 Å². The fraction of sp³-hybridized carbons (Fsp3) is 0.182. The molecule has 0 amide bonds. The molecule has 144 valence electrons. The van der Waals surface area contributed by atoms with Gasteiger partial charge in [-0.15, -0.1) is 0 Å². The summed E-state index contributed by atoms with van der Waals surface area (Å²) in [7, 11) is 0. The van der Waals surface area contributed by atoms with Gasteiger partial charge in [0.05, 0.1) is 41.5 Å². The Bertz CT molecular complexity index is 1190. The van der Waals surface area contributed by atoms with E-state index in [1.54, 1.807) is 16.9 Å². The van der Waals surface area contributed by atoms with Crippen LogP contribution in [0, 0.1) is 11.3 Å². The first kappa shape index (κ1) is 18.7. The van der Waals surface area contributed by atoms with E-state index in [2.05, 4.69) is 16.2 Å². The van der Waals surface area contributed by atoms with Gasteiger partial charge in [-0.25, -0.2) is 9.67 Å². The summed E-state index contributed by atoms with van der Waals surface area (Å²) in [6.07, 6.45) is 2.76. The molecule has 7 heteroatoms. The Kier molecular flexibility index (Phi) is 5.29. The molecule has 3 N–H and O–H groups in total. The molecule has 0 fully saturated rings. The highest BCUT2D eigenvalue weighted by Gasteiger charge is 2.12. The topological polar surface area (TPSA) is 114 Å². The van der Waals surface area contributed by atoms with Crippen molar-refractivity contribution in [1.29, 1.82) is 5.26 Å². The first-order valence-electron chi connectivity index (χ1n) is 9.34. The van der Waals surface area contributed by atoms with E-state index in [1.165, 1.54) is 0 Å². The number of hydrogen-bond donors (Lipinski definition) is 2. The number of pyridine rings is 2. The molecular weight excluding hydrogens is 364 g/mol. The molecule has 3 heterocycles. The van der Waals surface area contributed by atoms with Crippen molar-refractivity contribution in [2.24, 2.45) is 5.73 Å². The van der Waals surface area contributed by atoms with Crippen molar-refractivity contribution in [1.82, 2.24) is 19.7 Å². The van der Waals surface area contributed by atoms with Gasteiger partial charge < -0.3 is 10.8 Å². The third-order valence-electron chi connectivity index (χ3n) is 4.76. The zero-order valence-corrected chi connectivity index (χ0v) is 15.7. The summed E-state index contributed by atoms with van der Waals surface area (Å²) in [5.41, 5.74) is 10.2. The molecule has 0 aliphatic carbocycles. The number of aliphatic hydroxyl groups is 1. The Morgan fingerprint density at radius 2 is 1.97 bits per heavy atom. The van der Waals surface area contributed by atoms with E-state index >= 15 is 0 Å². The number of rotatable bonds is 6. The van der Waals surface area contributed by atoms with E-state index in [4.69, 9.17) is 16.0 Å². The third-order valence-corrected chi connectivity index (χ3v) is 4.76. The van der Waals surface area contributed by atoms with Crippen LogP contribution in [0.3, 0.4) is 0 Å².